The maximum atomic E-state index is 4.65. The van der Waals surface area contributed by atoms with E-state index in [4.69, 9.17) is 0 Å². The predicted molar refractivity (Wildman–Crippen MR) is 24.1 cm³/mol. The van der Waals surface area contributed by atoms with Crippen molar-refractivity contribution in [3.05, 3.63) is 0 Å². The fourth-order valence-corrected chi connectivity index (χ4v) is 0.250. The molecule has 0 saturated heterocycles. The van der Waals surface area contributed by atoms with Crippen LogP contribution in [0, 0.1) is 0 Å². The van der Waals surface area contributed by atoms with Gasteiger partial charge >= 0.3 is 0 Å². The van der Waals surface area contributed by atoms with E-state index in [9.17, 15) is 0 Å². The molecular weight excluding hydrogens is 84.1 g/mol. The van der Waals surface area contributed by atoms with Gasteiger partial charge in [-0.2, -0.15) is 0 Å². The second-order valence-corrected chi connectivity index (χ2v) is 0.846. The second-order valence-electron chi connectivity index (χ2n) is 0.611. The highest BCUT2D eigenvalue weighted by molar-refractivity contribution is 7.80. The lowest BCUT2D eigenvalue weighted by molar-refractivity contribution is 0.200. The molecule has 0 rings (SSSR count). The largest absolute Gasteiger partial charge is 0.370 e. The van der Waals surface area contributed by atoms with Crippen molar-refractivity contribution in [2.75, 3.05) is 12.5 Å². The van der Waals surface area contributed by atoms with Crippen molar-refractivity contribution in [1.82, 2.24) is 0 Å². The Morgan fingerprint density at radius 1 is 1.80 bits per heavy atom. The smallest absolute Gasteiger partial charge is 0.102 e. The summed E-state index contributed by atoms with van der Waals surface area (Å²) in [7, 11) is 0. The monoisotopic (exact) mass is 91.0 g/mol. The molecule has 0 aliphatic carbocycles. The minimum Gasteiger partial charge on any atom is -0.370 e. The minimum atomic E-state index is 0.427. The van der Waals surface area contributed by atoms with Crippen molar-refractivity contribution in [1.29, 1.82) is 0 Å². The van der Waals surface area contributed by atoms with E-state index in [1.807, 2.05) is 6.92 Å². The molecule has 31 valence electrons. The van der Waals surface area contributed by atoms with Gasteiger partial charge in [0.15, 0.2) is 0 Å². The summed E-state index contributed by atoms with van der Waals surface area (Å²) >= 11 is 4.43. The Balaban J connectivity index is 2.19. The van der Waals surface area contributed by atoms with E-state index in [1.165, 1.54) is 0 Å². The van der Waals surface area contributed by atoms with Gasteiger partial charge in [-0.25, -0.2) is 0 Å². The number of hydrogen-bond donors (Lipinski definition) is 0. The van der Waals surface area contributed by atoms with Crippen LogP contribution in [0.4, 0.5) is 0 Å². The molecule has 0 saturated carbocycles. The molecule has 0 N–H and O–H groups in total. The van der Waals surface area contributed by atoms with Crippen LogP contribution in [0.5, 0.6) is 0 Å². The summed E-state index contributed by atoms with van der Waals surface area (Å²) in [5.74, 6) is 0.427. The van der Waals surface area contributed by atoms with Gasteiger partial charge in [-0.15, -0.1) is 0 Å². The SMILES string of the molecule is CCOC[S]. The summed E-state index contributed by atoms with van der Waals surface area (Å²) in [5, 5.41) is 0. The minimum absolute atomic E-state index is 0.427. The van der Waals surface area contributed by atoms with Crippen molar-refractivity contribution in [3.63, 3.8) is 0 Å². The summed E-state index contributed by atoms with van der Waals surface area (Å²) in [4.78, 5) is 0. The first-order chi connectivity index (χ1) is 2.41. The zero-order chi connectivity index (χ0) is 4.12. The maximum absolute atomic E-state index is 4.65. The molecule has 1 nitrogen and oxygen atoms in total. The molecular formula is C3H7OS. The summed E-state index contributed by atoms with van der Waals surface area (Å²) in [6.45, 7) is 2.66. The van der Waals surface area contributed by atoms with Crippen LogP contribution in [0.25, 0.3) is 0 Å². The van der Waals surface area contributed by atoms with E-state index in [0.29, 0.717) is 5.94 Å². The molecule has 0 aromatic carbocycles. The van der Waals surface area contributed by atoms with Crippen molar-refractivity contribution in [3.8, 4) is 0 Å². The topological polar surface area (TPSA) is 9.23 Å². The third-order valence-corrected chi connectivity index (χ3v) is 0.454. The Labute approximate surface area is 37.7 Å². The fourth-order valence-electron chi connectivity index (χ4n) is 0.0833. The van der Waals surface area contributed by atoms with Crippen LogP contribution in [0.1, 0.15) is 6.92 Å². The molecule has 0 fully saturated rings. The number of hydrogen-bond acceptors (Lipinski definition) is 1. The van der Waals surface area contributed by atoms with Gasteiger partial charge in [-0.1, -0.05) is 12.6 Å². The van der Waals surface area contributed by atoms with E-state index in [-0.39, 0.29) is 0 Å². The van der Waals surface area contributed by atoms with Gasteiger partial charge in [0.25, 0.3) is 0 Å². The highest BCUT2D eigenvalue weighted by Crippen LogP contribution is 1.72. The fraction of sp³-hybridized carbons (Fsp3) is 1.00. The molecule has 0 amide bonds. The lowest BCUT2D eigenvalue weighted by Gasteiger charge is -1.84. The molecule has 0 aromatic rings. The number of ether oxygens (including phenoxy) is 1. The van der Waals surface area contributed by atoms with E-state index < -0.39 is 0 Å². The lowest BCUT2D eigenvalue weighted by atomic mass is 10.9. The lowest BCUT2D eigenvalue weighted by Crippen LogP contribution is -1.81. The average molecular weight is 91.2 g/mol. The standard InChI is InChI=1S/C3H7OS/c1-2-4-3-5/h2-3H2,1H3. The molecule has 0 bridgehead atoms. The van der Waals surface area contributed by atoms with Gasteiger partial charge in [0.2, 0.25) is 0 Å². The normalized spacial score (nSPS) is 8.40. The first kappa shape index (κ1) is 5.31. The third kappa shape index (κ3) is 4.31. The van der Waals surface area contributed by atoms with Crippen molar-refractivity contribution in [2.45, 2.75) is 6.92 Å². The third-order valence-electron chi connectivity index (χ3n) is 0.287. The van der Waals surface area contributed by atoms with Gasteiger partial charge in [-0.05, 0) is 6.92 Å². The van der Waals surface area contributed by atoms with Crippen LogP contribution in [-0.2, 0) is 4.74 Å². The van der Waals surface area contributed by atoms with Gasteiger partial charge in [0.05, 0.1) is 0 Å². The van der Waals surface area contributed by atoms with Gasteiger partial charge in [0.1, 0.15) is 5.94 Å². The zero-order valence-electron chi connectivity index (χ0n) is 3.23. The van der Waals surface area contributed by atoms with Crippen molar-refractivity contribution < 1.29 is 4.74 Å². The Kier molecular flexibility index (Phi) is 4.58. The molecule has 0 atom stereocenters. The van der Waals surface area contributed by atoms with Crippen LogP contribution in [-0.4, -0.2) is 12.5 Å². The Morgan fingerprint density at radius 3 is 2.40 bits per heavy atom. The van der Waals surface area contributed by atoms with Crippen LogP contribution in [0.15, 0.2) is 0 Å². The first-order valence-corrected chi connectivity index (χ1v) is 2.15. The summed E-state index contributed by atoms with van der Waals surface area (Å²) in [6, 6.07) is 0. The molecule has 0 spiro atoms. The maximum Gasteiger partial charge on any atom is 0.102 e. The molecule has 5 heavy (non-hydrogen) atoms. The van der Waals surface area contributed by atoms with E-state index in [2.05, 4.69) is 17.4 Å². The van der Waals surface area contributed by atoms with Crippen LogP contribution >= 0.6 is 12.6 Å². The van der Waals surface area contributed by atoms with Crippen LogP contribution < -0.4 is 0 Å². The molecule has 0 aliphatic heterocycles. The molecule has 0 aliphatic rings. The highest BCUT2D eigenvalue weighted by Gasteiger charge is 1.65. The van der Waals surface area contributed by atoms with Crippen LogP contribution in [0.3, 0.4) is 0 Å². The molecule has 0 heterocycles. The Morgan fingerprint density at radius 2 is 2.40 bits per heavy atom. The van der Waals surface area contributed by atoms with Crippen molar-refractivity contribution >= 4 is 12.6 Å². The van der Waals surface area contributed by atoms with Gasteiger partial charge in [-0.3, -0.25) is 0 Å². The van der Waals surface area contributed by atoms with Crippen LogP contribution in [0.2, 0.25) is 0 Å². The molecule has 0 unspecified atom stereocenters. The molecule has 0 aromatic heterocycles. The van der Waals surface area contributed by atoms with Crippen molar-refractivity contribution in [2.24, 2.45) is 0 Å². The Hall–Kier alpha value is 0.310. The van der Waals surface area contributed by atoms with Gasteiger partial charge < -0.3 is 4.74 Å². The number of rotatable bonds is 2. The summed E-state index contributed by atoms with van der Waals surface area (Å²) in [5.41, 5.74) is 0. The quantitative estimate of drug-likeness (QED) is 0.496. The molecule has 2 heteroatoms. The van der Waals surface area contributed by atoms with E-state index in [0.717, 1.165) is 6.61 Å². The summed E-state index contributed by atoms with van der Waals surface area (Å²) in [6.07, 6.45) is 0. The highest BCUT2D eigenvalue weighted by atomic mass is 32.1. The van der Waals surface area contributed by atoms with E-state index in [1.54, 1.807) is 0 Å². The van der Waals surface area contributed by atoms with Gasteiger partial charge in [0, 0.05) is 6.61 Å². The summed E-state index contributed by atoms with van der Waals surface area (Å²) < 4.78 is 4.65. The molecule has 1 radical (unpaired) electrons. The van der Waals surface area contributed by atoms with E-state index >= 15 is 0 Å². The first-order valence-electron chi connectivity index (χ1n) is 1.57. The predicted octanol–water partition coefficient (Wildman–Crippen LogP) is 1.18. The zero-order valence-corrected chi connectivity index (χ0v) is 4.05. The Bertz CT molecular complexity index is 14.4. The average Bonchev–Trinajstić information content (AvgIpc) is 1.41. The second kappa shape index (κ2) is 4.31.